The average Bonchev–Trinajstić information content (AvgIpc) is 3.20. The summed E-state index contributed by atoms with van der Waals surface area (Å²) in [6.07, 6.45) is 1.62. The van der Waals surface area contributed by atoms with Crippen LogP contribution in [-0.4, -0.2) is 20.6 Å². The fourth-order valence-electron chi connectivity index (χ4n) is 3.08. The smallest absolute Gasteiger partial charge is 0.223 e. The molecule has 8 heteroatoms. The van der Waals surface area contributed by atoms with E-state index in [1.165, 1.54) is 18.2 Å². The molecule has 1 heterocycles. The van der Waals surface area contributed by atoms with Crippen molar-refractivity contribution in [2.75, 3.05) is 6.26 Å². The zero-order valence-electron chi connectivity index (χ0n) is 16.4. The molecule has 2 atom stereocenters. The van der Waals surface area contributed by atoms with E-state index in [1.807, 2.05) is 17.5 Å². The number of hydrogen-bond acceptors (Lipinski definition) is 4. The second kappa shape index (κ2) is 9.06. The molecule has 30 heavy (non-hydrogen) atoms. The minimum absolute atomic E-state index is 0.0773. The minimum atomic E-state index is -3.48. The van der Waals surface area contributed by atoms with Gasteiger partial charge in [0, 0.05) is 17.1 Å². The Bertz CT molecular complexity index is 1140. The van der Waals surface area contributed by atoms with Gasteiger partial charge in [0.15, 0.2) is 21.5 Å². The zero-order chi connectivity index (χ0) is 21.9. The van der Waals surface area contributed by atoms with Gasteiger partial charge in [0.25, 0.3) is 0 Å². The van der Waals surface area contributed by atoms with Gasteiger partial charge in [-0.2, -0.15) is 0 Å². The Morgan fingerprint density at radius 2 is 1.77 bits per heavy atom. The Morgan fingerprint density at radius 3 is 2.40 bits per heavy atom. The van der Waals surface area contributed by atoms with Crippen molar-refractivity contribution in [2.45, 2.75) is 24.3 Å². The number of amides is 1. The molecule has 3 rings (SSSR count). The van der Waals surface area contributed by atoms with E-state index in [2.05, 4.69) is 5.32 Å². The van der Waals surface area contributed by atoms with E-state index in [-0.39, 0.29) is 16.7 Å². The number of halogens is 2. The van der Waals surface area contributed by atoms with Gasteiger partial charge in [-0.25, -0.2) is 17.2 Å². The number of benzene rings is 2. The van der Waals surface area contributed by atoms with Gasteiger partial charge >= 0.3 is 0 Å². The van der Waals surface area contributed by atoms with Gasteiger partial charge < -0.3 is 5.32 Å². The summed E-state index contributed by atoms with van der Waals surface area (Å²) in [6, 6.07) is 12.5. The van der Waals surface area contributed by atoms with Crippen LogP contribution in [0.2, 0.25) is 0 Å². The molecule has 0 fully saturated rings. The summed E-state index contributed by atoms with van der Waals surface area (Å²) < 4.78 is 51.2. The van der Waals surface area contributed by atoms with E-state index < -0.39 is 27.5 Å². The molecule has 158 valence electrons. The van der Waals surface area contributed by atoms with Crippen molar-refractivity contribution in [1.29, 1.82) is 0 Å². The molecule has 0 aliphatic heterocycles. The lowest BCUT2D eigenvalue weighted by molar-refractivity contribution is -0.125. The predicted octanol–water partition coefficient (Wildman–Crippen LogP) is 4.51. The fraction of sp³-hybridized carbons (Fsp3) is 0.227. The number of rotatable bonds is 7. The number of sulfone groups is 1. The van der Waals surface area contributed by atoms with Crippen LogP contribution >= 0.6 is 11.3 Å². The summed E-state index contributed by atoms with van der Waals surface area (Å²) in [6.45, 7) is 1.78. The van der Waals surface area contributed by atoms with Gasteiger partial charge in [-0.1, -0.05) is 31.2 Å². The van der Waals surface area contributed by atoms with Gasteiger partial charge in [-0.05, 0) is 53.3 Å². The molecule has 2 unspecified atom stereocenters. The van der Waals surface area contributed by atoms with E-state index in [9.17, 15) is 22.0 Å². The first kappa shape index (κ1) is 22.1. The largest absolute Gasteiger partial charge is 0.345 e. The van der Waals surface area contributed by atoms with Crippen LogP contribution in [0.25, 0.3) is 0 Å². The number of thiophene rings is 1. The van der Waals surface area contributed by atoms with Crippen molar-refractivity contribution >= 4 is 27.1 Å². The maximum absolute atomic E-state index is 13.9. The number of carbonyl (C=O) groups excluding carboxylic acids is 1. The molecule has 0 aliphatic rings. The number of nitrogens with one attached hydrogen (secondary N) is 1. The third-order valence-corrected chi connectivity index (χ3v) is 6.73. The summed E-state index contributed by atoms with van der Waals surface area (Å²) in [7, 11) is -3.48. The van der Waals surface area contributed by atoms with Crippen molar-refractivity contribution in [3.63, 3.8) is 0 Å². The molecule has 1 aromatic heterocycles. The Hall–Kier alpha value is -2.58. The van der Waals surface area contributed by atoms with E-state index in [0.29, 0.717) is 17.5 Å². The van der Waals surface area contributed by atoms with Gasteiger partial charge in [0.2, 0.25) is 5.91 Å². The summed E-state index contributed by atoms with van der Waals surface area (Å²) >= 11 is 1.55. The molecular weight excluding hydrogens is 428 g/mol. The maximum atomic E-state index is 13.9. The second-order valence-electron chi connectivity index (χ2n) is 7.14. The van der Waals surface area contributed by atoms with E-state index >= 15 is 0 Å². The maximum Gasteiger partial charge on any atom is 0.223 e. The monoisotopic (exact) mass is 449 g/mol. The zero-order valence-corrected chi connectivity index (χ0v) is 18.1. The molecule has 0 spiro atoms. The molecule has 2 aromatic carbocycles. The molecule has 0 saturated carbocycles. The molecule has 0 radical (unpaired) electrons. The lowest BCUT2D eigenvalue weighted by Gasteiger charge is -2.22. The number of hydrogen-bond donors (Lipinski definition) is 1. The van der Waals surface area contributed by atoms with Crippen LogP contribution in [0, 0.1) is 17.6 Å². The van der Waals surface area contributed by atoms with Gasteiger partial charge in [0.1, 0.15) is 0 Å². The van der Waals surface area contributed by atoms with E-state index in [0.717, 1.165) is 23.3 Å². The first-order valence-corrected chi connectivity index (χ1v) is 12.0. The van der Waals surface area contributed by atoms with Crippen LogP contribution in [0.4, 0.5) is 8.78 Å². The molecule has 1 amide bonds. The highest BCUT2D eigenvalue weighted by atomic mass is 32.2. The molecular formula is C22H21F2NO3S2. The quantitative estimate of drug-likeness (QED) is 0.577. The van der Waals surface area contributed by atoms with Crippen molar-refractivity contribution in [3.8, 4) is 0 Å². The van der Waals surface area contributed by atoms with Crippen molar-refractivity contribution in [2.24, 2.45) is 5.92 Å². The second-order valence-corrected chi connectivity index (χ2v) is 10.2. The lowest BCUT2D eigenvalue weighted by atomic mass is 9.97. The Morgan fingerprint density at radius 1 is 1.03 bits per heavy atom. The highest BCUT2D eigenvalue weighted by Crippen LogP contribution is 2.27. The van der Waals surface area contributed by atoms with Gasteiger partial charge in [-0.3, -0.25) is 4.79 Å². The Kier molecular flexibility index (Phi) is 6.67. The third kappa shape index (κ3) is 5.31. The molecule has 3 aromatic rings. The highest BCUT2D eigenvalue weighted by Gasteiger charge is 2.23. The summed E-state index contributed by atoms with van der Waals surface area (Å²) in [4.78, 5) is 14.0. The Balaban J connectivity index is 1.95. The molecule has 0 saturated heterocycles. The van der Waals surface area contributed by atoms with Crippen LogP contribution in [0.1, 0.15) is 29.0 Å². The van der Waals surface area contributed by atoms with Crippen molar-refractivity contribution in [1.82, 2.24) is 5.32 Å². The summed E-state index contributed by atoms with van der Waals surface area (Å²) in [5.41, 5.74) is 0.775. The standard InChI is InChI=1S/C22H21F2NO3S2/c1-14(11-17-6-4-10-29-17)22(26)25-21(16-8-9-19(23)20(24)13-16)15-5-3-7-18(12-15)30(2,27)28/h3-10,12-14,21H,11H2,1-2H3,(H,25,26). The van der Waals surface area contributed by atoms with Crippen LogP contribution in [0.5, 0.6) is 0 Å². The van der Waals surface area contributed by atoms with Crippen molar-refractivity contribution in [3.05, 3.63) is 87.6 Å². The molecule has 1 N–H and O–H groups in total. The van der Waals surface area contributed by atoms with E-state index in [1.54, 1.807) is 30.4 Å². The fourth-order valence-corrected chi connectivity index (χ4v) is 4.59. The van der Waals surface area contributed by atoms with Crippen LogP contribution in [0.3, 0.4) is 0 Å². The minimum Gasteiger partial charge on any atom is -0.345 e. The topological polar surface area (TPSA) is 63.2 Å². The molecule has 4 nitrogen and oxygen atoms in total. The third-order valence-electron chi connectivity index (χ3n) is 4.72. The summed E-state index contributed by atoms with van der Waals surface area (Å²) in [5, 5.41) is 4.80. The number of carbonyl (C=O) groups is 1. The van der Waals surface area contributed by atoms with Crippen molar-refractivity contribution < 1.29 is 22.0 Å². The van der Waals surface area contributed by atoms with Gasteiger partial charge in [-0.15, -0.1) is 11.3 Å². The average molecular weight is 450 g/mol. The predicted molar refractivity (Wildman–Crippen MR) is 113 cm³/mol. The SMILES string of the molecule is CC(Cc1cccs1)C(=O)NC(c1cccc(S(C)(=O)=O)c1)c1ccc(F)c(F)c1. The van der Waals surface area contributed by atoms with E-state index in [4.69, 9.17) is 0 Å². The van der Waals surface area contributed by atoms with Crippen LogP contribution in [-0.2, 0) is 21.1 Å². The first-order valence-electron chi connectivity index (χ1n) is 9.23. The lowest BCUT2D eigenvalue weighted by Crippen LogP contribution is -2.34. The van der Waals surface area contributed by atoms with Crippen LogP contribution < -0.4 is 5.32 Å². The van der Waals surface area contributed by atoms with Crippen LogP contribution in [0.15, 0.2) is 64.9 Å². The first-order chi connectivity index (χ1) is 14.1. The summed E-state index contributed by atoms with van der Waals surface area (Å²) in [5.74, 6) is -2.69. The molecule has 0 aliphatic carbocycles. The highest BCUT2D eigenvalue weighted by molar-refractivity contribution is 7.90. The van der Waals surface area contributed by atoms with Gasteiger partial charge in [0.05, 0.1) is 10.9 Å². The molecule has 0 bridgehead atoms. The Labute approximate surface area is 178 Å². The normalized spacial score (nSPS) is 13.6.